The van der Waals surface area contributed by atoms with Crippen LogP contribution in [0.1, 0.15) is 16.8 Å². The number of methoxy groups -OCH3 is 1. The molecule has 0 fully saturated rings. The van der Waals surface area contributed by atoms with Gasteiger partial charge in [0.05, 0.1) is 12.7 Å². The molecule has 0 aliphatic carbocycles. The fraction of sp³-hybridized carbons (Fsp3) is 0.250. The van der Waals surface area contributed by atoms with Crippen molar-refractivity contribution in [1.29, 1.82) is 0 Å². The Hall–Kier alpha value is -2.36. The molecule has 0 unspecified atom stereocenters. The van der Waals surface area contributed by atoms with Crippen molar-refractivity contribution in [3.8, 4) is 5.75 Å². The molecule has 0 saturated heterocycles. The first-order chi connectivity index (χ1) is 12.3. The zero-order chi connectivity index (χ0) is 19.3. The van der Waals surface area contributed by atoms with E-state index in [1.807, 2.05) is 0 Å². The van der Waals surface area contributed by atoms with E-state index in [0.29, 0.717) is 15.8 Å². The molecular formula is C16H14BrF4N3O2. The van der Waals surface area contributed by atoms with E-state index >= 15 is 0 Å². The summed E-state index contributed by atoms with van der Waals surface area (Å²) in [6.45, 7) is 0.130. The normalized spacial score (nSPS) is 10.5. The van der Waals surface area contributed by atoms with Crippen molar-refractivity contribution >= 4 is 27.5 Å². The molecule has 26 heavy (non-hydrogen) atoms. The molecule has 0 spiro atoms. The van der Waals surface area contributed by atoms with E-state index in [9.17, 15) is 22.4 Å². The molecule has 1 amide bonds. The summed E-state index contributed by atoms with van der Waals surface area (Å²) in [6.07, 6.45) is 0.248. The van der Waals surface area contributed by atoms with Gasteiger partial charge >= 0.3 is 0 Å². The lowest BCUT2D eigenvalue weighted by atomic mass is 10.2. The summed E-state index contributed by atoms with van der Waals surface area (Å²) in [5.74, 6) is -6.55. The Bertz CT molecular complexity index is 794. The van der Waals surface area contributed by atoms with Crippen LogP contribution in [0.25, 0.3) is 0 Å². The Morgan fingerprint density at radius 3 is 2.42 bits per heavy atom. The number of halogens is 5. The predicted octanol–water partition coefficient (Wildman–Crippen LogP) is 3.64. The van der Waals surface area contributed by atoms with Gasteiger partial charge in [-0.15, -0.1) is 0 Å². The highest BCUT2D eigenvalue weighted by atomic mass is 79.9. The van der Waals surface area contributed by atoms with Crippen LogP contribution in [0, 0.1) is 23.5 Å². The third-order valence-corrected chi connectivity index (χ3v) is 4.05. The summed E-state index contributed by atoms with van der Waals surface area (Å²) in [5, 5.41) is 4.87. The minimum absolute atomic E-state index is 0.0315. The van der Waals surface area contributed by atoms with Crippen LogP contribution in [0.3, 0.4) is 0 Å². The second-order valence-corrected chi connectivity index (χ2v) is 5.93. The summed E-state index contributed by atoms with van der Waals surface area (Å²) in [7, 11) is 1.47. The average molecular weight is 436 g/mol. The number of pyridine rings is 1. The summed E-state index contributed by atoms with van der Waals surface area (Å²) >= 11 is 3.25. The number of carbonyl (C=O) groups excluding carboxylic acids is 1. The lowest BCUT2D eigenvalue weighted by Crippen LogP contribution is -2.26. The standard InChI is InChI=1S/C16H14BrF4N3O2/c1-26-8-3-4-10(17)9(7-8)16(25)23-6-2-5-22-13-11(18)14(20)24-15(21)12(13)19/h3-4,7H,2,5-6H2,1H3,(H,22,24)(H,23,25). The highest BCUT2D eigenvalue weighted by Crippen LogP contribution is 2.23. The Labute approximate surface area is 154 Å². The van der Waals surface area contributed by atoms with Crippen LogP contribution < -0.4 is 15.4 Å². The van der Waals surface area contributed by atoms with Crippen molar-refractivity contribution in [1.82, 2.24) is 10.3 Å². The van der Waals surface area contributed by atoms with Gasteiger partial charge < -0.3 is 15.4 Å². The van der Waals surface area contributed by atoms with Gasteiger partial charge in [-0.25, -0.2) is 0 Å². The van der Waals surface area contributed by atoms with Crippen LogP contribution in [0.2, 0.25) is 0 Å². The van der Waals surface area contributed by atoms with Crippen molar-refractivity contribution in [3.63, 3.8) is 0 Å². The van der Waals surface area contributed by atoms with Gasteiger partial charge in [0.2, 0.25) is 11.6 Å². The molecule has 1 heterocycles. The lowest BCUT2D eigenvalue weighted by molar-refractivity contribution is 0.0952. The molecule has 1 aromatic carbocycles. The van der Waals surface area contributed by atoms with Crippen molar-refractivity contribution in [2.24, 2.45) is 0 Å². The SMILES string of the molecule is COc1ccc(Br)c(C(=O)NCCCNc2c(F)c(F)nc(F)c2F)c1. The minimum atomic E-state index is -1.73. The van der Waals surface area contributed by atoms with Crippen LogP contribution in [0.5, 0.6) is 5.75 Å². The van der Waals surface area contributed by atoms with E-state index in [4.69, 9.17) is 4.74 Å². The Balaban J connectivity index is 1.87. The molecule has 5 nitrogen and oxygen atoms in total. The van der Waals surface area contributed by atoms with Crippen molar-refractivity contribution in [2.45, 2.75) is 6.42 Å². The molecule has 2 rings (SSSR count). The van der Waals surface area contributed by atoms with E-state index in [1.165, 1.54) is 7.11 Å². The van der Waals surface area contributed by atoms with Gasteiger partial charge in [0.1, 0.15) is 11.4 Å². The summed E-state index contributed by atoms with van der Waals surface area (Å²) in [4.78, 5) is 14.6. The molecule has 1 aromatic heterocycles. The maximum atomic E-state index is 13.4. The monoisotopic (exact) mass is 435 g/mol. The number of rotatable bonds is 7. The van der Waals surface area contributed by atoms with Crippen LogP contribution in [-0.2, 0) is 0 Å². The first-order valence-electron chi connectivity index (χ1n) is 7.40. The molecule has 10 heteroatoms. The van der Waals surface area contributed by atoms with Gasteiger partial charge in [-0.3, -0.25) is 4.79 Å². The number of hydrogen-bond acceptors (Lipinski definition) is 4. The largest absolute Gasteiger partial charge is 0.497 e. The molecule has 2 N–H and O–H groups in total. The second-order valence-electron chi connectivity index (χ2n) is 5.08. The van der Waals surface area contributed by atoms with Gasteiger partial charge in [-0.2, -0.15) is 22.5 Å². The topological polar surface area (TPSA) is 63.2 Å². The third-order valence-electron chi connectivity index (χ3n) is 3.36. The van der Waals surface area contributed by atoms with Gasteiger partial charge in [0, 0.05) is 17.6 Å². The van der Waals surface area contributed by atoms with Crippen LogP contribution in [-0.4, -0.2) is 31.1 Å². The molecule has 0 radical (unpaired) electrons. The third kappa shape index (κ3) is 4.63. The lowest BCUT2D eigenvalue weighted by Gasteiger charge is -2.11. The zero-order valence-electron chi connectivity index (χ0n) is 13.5. The highest BCUT2D eigenvalue weighted by Gasteiger charge is 2.20. The van der Waals surface area contributed by atoms with E-state index in [0.717, 1.165) is 0 Å². The second kappa shape index (κ2) is 8.84. The Morgan fingerprint density at radius 2 is 1.81 bits per heavy atom. The molecule has 140 valence electrons. The molecule has 0 saturated carbocycles. The number of carbonyl (C=O) groups is 1. The first kappa shape index (κ1) is 20.0. The minimum Gasteiger partial charge on any atom is -0.497 e. The Kier molecular flexibility index (Phi) is 6.78. The van der Waals surface area contributed by atoms with Crippen LogP contribution in [0.15, 0.2) is 22.7 Å². The molecule has 2 aromatic rings. The average Bonchev–Trinajstić information content (AvgIpc) is 2.62. The zero-order valence-corrected chi connectivity index (χ0v) is 15.1. The number of ether oxygens (including phenoxy) is 1. The van der Waals surface area contributed by atoms with Gasteiger partial charge in [-0.1, -0.05) is 0 Å². The van der Waals surface area contributed by atoms with Crippen molar-refractivity contribution < 1.29 is 27.1 Å². The maximum absolute atomic E-state index is 13.4. The van der Waals surface area contributed by atoms with Crippen LogP contribution in [0.4, 0.5) is 23.2 Å². The van der Waals surface area contributed by atoms with Gasteiger partial charge in [0.15, 0.2) is 0 Å². The van der Waals surface area contributed by atoms with E-state index < -0.39 is 29.2 Å². The molecule has 0 atom stereocenters. The fourth-order valence-corrected chi connectivity index (χ4v) is 2.47. The van der Waals surface area contributed by atoms with Crippen molar-refractivity contribution in [2.75, 3.05) is 25.5 Å². The maximum Gasteiger partial charge on any atom is 0.253 e. The smallest absolute Gasteiger partial charge is 0.253 e. The van der Waals surface area contributed by atoms with E-state index in [-0.39, 0.29) is 25.4 Å². The number of anilines is 1. The summed E-state index contributed by atoms with van der Waals surface area (Å²) in [5.41, 5.74) is -0.579. The fourth-order valence-electron chi connectivity index (χ4n) is 2.05. The van der Waals surface area contributed by atoms with Gasteiger partial charge in [0.25, 0.3) is 17.8 Å². The highest BCUT2D eigenvalue weighted by molar-refractivity contribution is 9.10. The predicted molar refractivity (Wildman–Crippen MR) is 90.2 cm³/mol. The van der Waals surface area contributed by atoms with E-state index in [1.54, 1.807) is 18.2 Å². The quantitative estimate of drug-likeness (QED) is 0.396. The number of amides is 1. The summed E-state index contributed by atoms with van der Waals surface area (Å²) < 4.78 is 58.4. The Morgan fingerprint density at radius 1 is 1.15 bits per heavy atom. The number of nitrogens with one attached hydrogen (secondary N) is 2. The molecule has 0 bridgehead atoms. The number of benzene rings is 1. The van der Waals surface area contributed by atoms with E-state index in [2.05, 4.69) is 31.5 Å². The van der Waals surface area contributed by atoms with Gasteiger partial charge in [-0.05, 0) is 40.5 Å². The first-order valence-corrected chi connectivity index (χ1v) is 8.20. The molecular weight excluding hydrogens is 422 g/mol. The van der Waals surface area contributed by atoms with Crippen LogP contribution >= 0.6 is 15.9 Å². The number of hydrogen-bond donors (Lipinski definition) is 2. The molecule has 0 aliphatic rings. The number of nitrogens with zero attached hydrogens (tertiary/aromatic N) is 1. The number of aromatic nitrogens is 1. The molecule has 0 aliphatic heterocycles. The summed E-state index contributed by atoms with van der Waals surface area (Å²) in [6, 6.07) is 4.89. The van der Waals surface area contributed by atoms with Crippen molar-refractivity contribution in [3.05, 3.63) is 51.8 Å².